The van der Waals surface area contributed by atoms with Crippen LogP contribution in [0.25, 0.3) is 0 Å². The predicted molar refractivity (Wildman–Crippen MR) is 57.4 cm³/mol. The molecule has 0 bridgehead atoms. The fourth-order valence-corrected chi connectivity index (χ4v) is 2.63. The van der Waals surface area contributed by atoms with E-state index < -0.39 is 5.97 Å². The van der Waals surface area contributed by atoms with Crippen molar-refractivity contribution in [2.45, 2.75) is 11.8 Å². The Morgan fingerprint density at radius 2 is 2.15 bits per heavy atom. The Morgan fingerprint density at radius 3 is 2.77 bits per heavy atom. The van der Waals surface area contributed by atoms with Crippen molar-refractivity contribution in [1.29, 1.82) is 0 Å². The summed E-state index contributed by atoms with van der Waals surface area (Å²) in [6.45, 7) is 2.04. The monoisotopic (exact) mass is 214 g/mol. The van der Waals surface area contributed by atoms with Crippen molar-refractivity contribution in [2.75, 3.05) is 5.75 Å². The Labute approximate surface area is 85.1 Å². The van der Waals surface area contributed by atoms with Crippen molar-refractivity contribution in [2.24, 2.45) is 0 Å². The summed E-state index contributed by atoms with van der Waals surface area (Å²) < 4.78 is 0. The lowest BCUT2D eigenvalue weighted by molar-refractivity contribution is 0.0693. The summed E-state index contributed by atoms with van der Waals surface area (Å²) in [7, 11) is 3.16. The van der Waals surface area contributed by atoms with Gasteiger partial charge in [-0.3, -0.25) is 0 Å². The van der Waals surface area contributed by atoms with Gasteiger partial charge < -0.3 is 5.11 Å². The first-order valence-electron chi connectivity index (χ1n) is 3.87. The Hall–Kier alpha value is -0.610. The molecule has 0 amide bonds. The second-order valence-electron chi connectivity index (χ2n) is 2.29. The second kappa shape index (κ2) is 5.19. The Kier molecular flexibility index (Phi) is 4.18. The first kappa shape index (κ1) is 10.5. The maximum Gasteiger partial charge on any atom is 0.336 e. The van der Waals surface area contributed by atoms with Gasteiger partial charge in [-0.15, -0.1) is 0 Å². The van der Waals surface area contributed by atoms with Crippen LogP contribution in [0.1, 0.15) is 17.3 Å². The van der Waals surface area contributed by atoms with Crippen LogP contribution in [0.3, 0.4) is 0 Å². The summed E-state index contributed by atoms with van der Waals surface area (Å²) in [5, 5.41) is 8.84. The summed E-state index contributed by atoms with van der Waals surface area (Å²) in [4.78, 5) is 11.6. The molecule has 0 fully saturated rings. The van der Waals surface area contributed by atoms with E-state index in [0.29, 0.717) is 5.56 Å². The molecule has 1 rings (SSSR count). The van der Waals surface area contributed by atoms with Gasteiger partial charge in [-0.05, 0) is 12.1 Å². The van der Waals surface area contributed by atoms with E-state index in [-0.39, 0.29) is 0 Å². The molecule has 4 heteroatoms. The number of carboxylic acids is 1. The summed E-state index contributed by atoms with van der Waals surface area (Å²) >= 11 is 0. The minimum absolute atomic E-state index is 0.383. The first-order valence-corrected chi connectivity index (χ1v) is 6.19. The highest BCUT2D eigenvalue weighted by Gasteiger charge is 2.08. The van der Waals surface area contributed by atoms with Crippen LogP contribution in [-0.4, -0.2) is 16.8 Å². The molecule has 0 aliphatic carbocycles. The molecule has 0 spiro atoms. The lowest BCUT2D eigenvalue weighted by atomic mass is 10.2. The van der Waals surface area contributed by atoms with Gasteiger partial charge in [0.25, 0.3) is 0 Å². The SMILES string of the molecule is CCSSc1ccccc1C(=O)O. The number of rotatable bonds is 4. The maximum absolute atomic E-state index is 10.8. The van der Waals surface area contributed by atoms with E-state index >= 15 is 0 Å². The molecule has 1 aromatic carbocycles. The van der Waals surface area contributed by atoms with Crippen LogP contribution in [0.5, 0.6) is 0 Å². The van der Waals surface area contributed by atoms with Gasteiger partial charge in [0, 0.05) is 10.6 Å². The zero-order chi connectivity index (χ0) is 9.68. The lowest BCUT2D eigenvalue weighted by Crippen LogP contribution is -1.97. The third-order valence-corrected chi connectivity index (χ3v) is 3.87. The highest BCUT2D eigenvalue weighted by atomic mass is 33.1. The number of aromatic carboxylic acids is 1. The van der Waals surface area contributed by atoms with Gasteiger partial charge >= 0.3 is 5.97 Å². The fraction of sp³-hybridized carbons (Fsp3) is 0.222. The van der Waals surface area contributed by atoms with Gasteiger partial charge in [-0.1, -0.05) is 40.6 Å². The fourth-order valence-electron chi connectivity index (χ4n) is 0.838. The maximum atomic E-state index is 10.8. The number of hydrogen-bond acceptors (Lipinski definition) is 3. The van der Waals surface area contributed by atoms with Crippen LogP contribution < -0.4 is 0 Å². The van der Waals surface area contributed by atoms with Crippen molar-refractivity contribution in [3.05, 3.63) is 29.8 Å². The molecule has 2 nitrogen and oxygen atoms in total. The van der Waals surface area contributed by atoms with Gasteiger partial charge in [-0.25, -0.2) is 4.79 Å². The molecule has 70 valence electrons. The minimum Gasteiger partial charge on any atom is -0.478 e. The average molecular weight is 214 g/mol. The van der Waals surface area contributed by atoms with Crippen molar-refractivity contribution >= 4 is 27.6 Å². The number of benzene rings is 1. The molecule has 0 atom stereocenters. The van der Waals surface area contributed by atoms with Crippen molar-refractivity contribution in [3.8, 4) is 0 Å². The molecule has 0 saturated carbocycles. The van der Waals surface area contributed by atoms with E-state index in [1.165, 1.54) is 10.8 Å². The molecular weight excluding hydrogens is 204 g/mol. The number of carboxylic acid groups (broad SMARTS) is 1. The predicted octanol–water partition coefficient (Wildman–Crippen LogP) is 3.15. The van der Waals surface area contributed by atoms with E-state index in [1.54, 1.807) is 22.9 Å². The number of carbonyl (C=O) groups is 1. The Balaban J connectivity index is 2.84. The highest BCUT2D eigenvalue weighted by Crippen LogP contribution is 2.32. The molecule has 13 heavy (non-hydrogen) atoms. The first-order chi connectivity index (χ1) is 6.25. The van der Waals surface area contributed by atoms with Crippen LogP contribution in [-0.2, 0) is 0 Å². The van der Waals surface area contributed by atoms with Crippen LogP contribution in [0.2, 0.25) is 0 Å². The third-order valence-electron chi connectivity index (χ3n) is 1.38. The van der Waals surface area contributed by atoms with Gasteiger partial charge in [0.2, 0.25) is 0 Å². The van der Waals surface area contributed by atoms with Crippen LogP contribution >= 0.6 is 21.6 Å². The summed E-state index contributed by atoms with van der Waals surface area (Å²) in [5.74, 6) is 0.110. The molecule has 0 unspecified atom stereocenters. The van der Waals surface area contributed by atoms with E-state index in [2.05, 4.69) is 0 Å². The van der Waals surface area contributed by atoms with Crippen LogP contribution in [0.15, 0.2) is 29.2 Å². The standard InChI is InChI=1S/C9H10O2S2/c1-2-12-13-8-6-4-3-5-7(8)9(10)11/h3-6H,2H2,1H3,(H,10,11). The van der Waals surface area contributed by atoms with E-state index in [1.807, 2.05) is 19.1 Å². The Morgan fingerprint density at radius 1 is 1.46 bits per heavy atom. The van der Waals surface area contributed by atoms with Crippen LogP contribution in [0, 0.1) is 0 Å². The minimum atomic E-state index is -0.861. The zero-order valence-corrected chi connectivity index (χ0v) is 8.82. The second-order valence-corrected chi connectivity index (χ2v) is 4.92. The molecule has 1 N–H and O–H groups in total. The van der Waals surface area contributed by atoms with Gasteiger partial charge in [0.1, 0.15) is 0 Å². The van der Waals surface area contributed by atoms with Crippen molar-refractivity contribution in [3.63, 3.8) is 0 Å². The van der Waals surface area contributed by atoms with Gasteiger partial charge in [0.15, 0.2) is 0 Å². The van der Waals surface area contributed by atoms with Crippen LogP contribution in [0.4, 0.5) is 0 Å². The summed E-state index contributed by atoms with van der Waals surface area (Å²) in [6.07, 6.45) is 0. The molecule has 0 saturated heterocycles. The molecule has 0 heterocycles. The number of hydrogen-bond donors (Lipinski definition) is 1. The molecule has 0 aliphatic rings. The Bertz CT molecular complexity index is 299. The quantitative estimate of drug-likeness (QED) is 0.781. The van der Waals surface area contributed by atoms with Crippen molar-refractivity contribution in [1.82, 2.24) is 0 Å². The molecule has 0 aliphatic heterocycles. The van der Waals surface area contributed by atoms with E-state index in [0.717, 1.165) is 10.6 Å². The lowest BCUT2D eigenvalue weighted by Gasteiger charge is -2.02. The molecular formula is C9H10O2S2. The topological polar surface area (TPSA) is 37.3 Å². The zero-order valence-electron chi connectivity index (χ0n) is 7.19. The molecule has 0 radical (unpaired) electrons. The third kappa shape index (κ3) is 2.97. The average Bonchev–Trinajstić information content (AvgIpc) is 2.15. The van der Waals surface area contributed by atoms with Gasteiger partial charge in [-0.2, -0.15) is 0 Å². The van der Waals surface area contributed by atoms with Crippen molar-refractivity contribution < 1.29 is 9.90 Å². The summed E-state index contributed by atoms with van der Waals surface area (Å²) in [5.41, 5.74) is 0.383. The summed E-state index contributed by atoms with van der Waals surface area (Å²) in [6, 6.07) is 7.05. The van der Waals surface area contributed by atoms with E-state index in [9.17, 15) is 4.79 Å². The largest absolute Gasteiger partial charge is 0.478 e. The van der Waals surface area contributed by atoms with Gasteiger partial charge in [0.05, 0.1) is 5.56 Å². The molecule has 0 aromatic heterocycles. The smallest absolute Gasteiger partial charge is 0.336 e. The molecule has 1 aromatic rings. The normalized spacial score (nSPS) is 9.92. The highest BCUT2D eigenvalue weighted by molar-refractivity contribution is 8.76. The van der Waals surface area contributed by atoms with E-state index in [4.69, 9.17) is 5.11 Å².